The van der Waals surface area contributed by atoms with Crippen LogP contribution in [0, 0.1) is 5.92 Å². The van der Waals surface area contributed by atoms with Gasteiger partial charge >= 0.3 is 0 Å². The van der Waals surface area contributed by atoms with Crippen molar-refractivity contribution in [3.8, 4) is 0 Å². The molecule has 0 radical (unpaired) electrons. The second-order valence-corrected chi connectivity index (χ2v) is 3.30. The van der Waals surface area contributed by atoms with Gasteiger partial charge in [-0.1, -0.05) is 17.4 Å². The molecular weight excluding hydrogens is 202 g/mol. The van der Waals surface area contributed by atoms with Gasteiger partial charge in [-0.15, -0.1) is 0 Å². The van der Waals surface area contributed by atoms with E-state index in [0.29, 0.717) is 12.2 Å². The molecule has 0 aromatic carbocycles. The smallest absolute Gasteiger partial charge is 0.229 e. The van der Waals surface area contributed by atoms with E-state index in [1.807, 2.05) is 0 Å². The summed E-state index contributed by atoms with van der Waals surface area (Å²) >= 11 is 4.69. The Hall–Kier alpha value is -1.43. The van der Waals surface area contributed by atoms with Gasteiger partial charge in [-0.3, -0.25) is 4.79 Å². The van der Waals surface area contributed by atoms with Crippen molar-refractivity contribution in [2.24, 2.45) is 11.7 Å². The minimum absolute atomic E-state index is 0.183. The molecule has 0 aliphatic carbocycles. The normalized spacial score (nSPS) is 12.1. The Labute approximate surface area is 86.6 Å². The van der Waals surface area contributed by atoms with Gasteiger partial charge < -0.3 is 15.6 Å². The summed E-state index contributed by atoms with van der Waals surface area (Å²) < 4.78 is 4.60. The van der Waals surface area contributed by atoms with Gasteiger partial charge in [-0.2, -0.15) is 0 Å². The summed E-state index contributed by atoms with van der Waals surface area (Å²) in [5, 5.41) is 6.28. The minimum Gasteiger partial charge on any atom is -0.393 e. The largest absolute Gasteiger partial charge is 0.393 e. The first-order valence-corrected chi connectivity index (χ1v) is 4.48. The van der Waals surface area contributed by atoms with E-state index in [1.54, 1.807) is 13.0 Å². The van der Waals surface area contributed by atoms with E-state index >= 15 is 0 Å². The molecule has 1 aromatic rings. The molecule has 0 saturated carbocycles. The first-order chi connectivity index (χ1) is 6.61. The monoisotopic (exact) mass is 213 g/mol. The van der Waals surface area contributed by atoms with Crippen molar-refractivity contribution in [2.75, 3.05) is 0 Å². The highest BCUT2D eigenvalue weighted by Crippen LogP contribution is 1.97. The number of nitrogens with two attached hydrogens (primary N) is 1. The van der Waals surface area contributed by atoms with Gasteiger partial charge in [0.1, 0.15) is 12.0 Å². The molecule has 1 atom stereocenters. The third-order valence-corrected chi connectivity index (χ3v) is 2.11. The molecule has 0 fully saturated rings. The van der Waals surface area contributed by atoms with Crippen LogP contribution in [-0.2, 0) is 11.3 Å². The molecule has 0 aliphatic heterocycles. The molecule has 1 amide bonds. The zero-order valence-corrected chi connectivity index (χ0v) is 8.50. The first-order valence-electron chi connectivity index (χ1n) is 4.07. The number of nitrogens with one attached hydrogen (secondary N) is 1. The predicted octanol–water partition coefficient (Wildman–Crippen LogP) is 0.213. The van der Waals surface area contributed by atoms with Gasteiger partial charge in [0.25, 0.3) is 0 Å². The molecule has 5 nitrogen and oxygen atoms in total. The number of hydrogen-bond acceptors (Lipinski definition) is 4. The highest BCUT2D eigenvalue weighted by atomic mass is 32.1. The number of nitrogens with zero attached hydrogens (tertiary/aromatic N) is 1. The van der Waals surface area contributed by atoms with Gasteiger partial charge in [-0.05, 0) is 6.92 Å². The minimum atomic E-state index is -0.461. The number of amides is 1. The SMILES string of the molecule is CC(C(=O)NCc1ccon1)C(N)=S. The summed E-state index contributed by atoms with van der Waals surface area (Å²) in [5.41, 5.74) is 5.98. The lowest BCUT2D eigenvalue weighted by Gasteiger charge is -2.08. The molecule has 1 rings (SSSR count). The zero-order valence-electron chi connectivity index (χ0n) is 7.69. The molecular formula is C8H11N3O2S. The Balaban J connectivity index is 2.39. The van der Waals surface area contributed by atoms with Crippen LogP contribution in [0.15, 0.2) is 16.9 Å². The second-order valence-electron chi connectivity index (χ2n) is 2.83. The van der Waals surface area contributed by atoms with E-state index in [9.17, 15) is 4.79 Å². The first kappa shape index (κ1) is 10.6. The zero-order chi connectivity index (χ0) is 10.6. The highest BCUT2D eigenvalue weighted by Gasteiger charge is 2.14. The number of aromatic nitrogens is 1. The molecule has 0 aliphatic rings. The van der Waals surface area contributed by atoms with Crippen LogP contribution in [0.2, 0.25) is 0 Å². The average Bonchev–Trinajstić information content (AvgIpc) is 2.65. The standard InChI is InChI=1S/C8H11N3O2S/c1-5(7(9)14)8(12)10-4-6-2-3-13-11-6/h2-3,5H,4H2,1H3,(H2,9,14)(H,10,12). The topological polar surface area (TPSA) is 81.2 Å². The maximum absolute atomic E-state index is 11.3. The van der Waals surface area contributed by atoms with Gasteiger partial charge in [-0.25, -0.2) is 0 Å². The van der Waals surface area contributed by atoms with Crippen molar-refractivity contribution in [2.45, 2.75) is 13.5 Å². The fraction of sp³-hybridized carbons (Fsp3) is 0.375. The summed E-state index contributed by atoms with van der Waals surface area (Å²) in [6.07, 6.45) is 1.44. The Kier molecular flexibility index (Phi) is 3.58. The lowest BCUT2D eigenvalue weighted by Crippen LogP contribution is -2.35. The molecule has 0 bridgehead atoms. The van der Waals surface area contributed by atoms with Gasteiger partial charge in [0.2, 0.25) is 5.91 Å². The lowest BCUT2D eigenvalue weighted by molar-refractivity contribution is -0.122. The molecule has 14 heavy (non-hydrogen) atoms. The Morgan fingerprint density at radius 1 is 1.86 bits per heavy atom. The molecule has 1 aromatic heterocycles. The van der Waals surface area contributed by atoms with Crippen molar-refractivity contribution >= 4 is 23.1 Å². The van der Waals surface area contributed by atoms with E-state index in [4.69, 9.17) is 18.0 Å². The van der Waals surface area contributed by atoms with Crippen LogP contribution >= 0.6 is 12.2 Å². The number of hydrogen-bond donors (Lipinski definition) is 2. The predicted molar refractivity (Wildman–Crippen MR) is 54.3 cm³/mol. The van der Waals surface area contributed by atoms with Crippen molar-refractivity contribution < 1.29 is 9.32 Å². The van der Waals surface area contributed by atoms with Crippen LogP contribution in [0.25, 0.3) is 0 Å². The van der Waals surface area contributed by atoms with E-state index < -0.39 is 5.92 Å². The quantitative estimate of drug-likeness (QED) is 0.699. The summed E-state index contributed by atoms with van der Waals surface area (Å²) in [5.74, 6) is -0.669. The van der Waals surface area contributed by atoms with E-state index in [0.717, 1.165) is 0 Å². The summed E-state index contributed by atoms with van der Waals surface area (Å²) in [7, 11) is 0. The number of carbonyl (C=O) groups is 1. The molecule has 76 valence electrons. The maximum atomic E-state index is 11.3. The lowest BCUT2D eigenvalue weighted by atomic mass is 10.1. The van der Waals surface area contributed by atoms with Crippen molar-refractivity contribution in [3.05, 3.63) is 18.0 Å². The Morgan fingerprint density at radius 2 is 2.57 bits per heavy atom. The molecule has 1 unspecified atom stereocenters. The number of rotatable bonds is 4. The molecule has 3 N–H and O–H groups in total. The summed E-state index contributed by atoms with van der Waals surface area (Å²) in [4.78, 5) is 11.5. The van der Waals surface area contributed by atoms with E-state index in [1.165, 1.54) is 6.26 Å². The van der Waals surface area contributed by atoms with Gasteiger partial charge in [0.05, 0.1) is 17.5 Å². The van der Waals surface area contributed by atoms with Crippen LogP contribution in [0.3, 0.4) is 0 Å². The fourth-order valence-corrected chi connectivity index (χ4v) is 0.896. The second kappa shape index (κ2) is 4.71. The molecule has 1 heterocycles. The molecule has 6 heteroatoms. The third kappa shape index (κ3) is 2.81. The van der Waals surface area contributed by atoms with E-state index in [2.05, 4.69) is 15.0 Å². The van der Waals surface area contributed by atoms with Gasteiger partial charge in [0, 0.05) is 6.07 Å². The number of carbonyl (C=O) groups excluding carboxylic acids is 1. The highest BCUT2D eigenvalue weighted by molar-refractivity contribution is 7.80. The average molecular weight is 213 g/mol. The van der Waals surface area contributed by atoms with Crippen LogP contribution in [0.1, 0.15) is 12.6 Å². The van der Waals surface area contributed by atoms with Crippen LogP contribution in [-0.4, -0.2) is 16.1 Å². The van der Waals surface area contributed by atoms with Crippen LogP contribution < -0.4 is 11.1 Å². The fourth-order valence-electron chi connectivity index (χ4n) is 0.789. The molecule has 0 spiro atoms. The number of thiocarbonyl (C=S) groups is 1. The summed E-state index contributed by atoms with van der Waals surface area (Å²) in [6.45, 7) is 1.97. The van der Waals surface area contributed by atoms with Crippen molar-refractivity contribution in [1.82, 2.24) is 10.5 Å². The molecule has 0 saturated heterocycles. The van der Waals surface area contributed by atoms with Crippen LogP contribution in [0.4, 0.5) is 0 Å². The third-order valence-electron chi connectivity index (χ3n) is 1.76. The van der Waals surface area contributed by atoms with E-state index in [-0.39, 0.29) is 10.9 Å². The van der Waals surface area contributed by atoms with Crippen molar-refractivity contribution in [1.29, 1.82) is 0 Å². The van der Waals surface area contributed by atoms with Crippen LogP contribution in [0.5, 0.6) is 0 Å². The van der Waals surface area contributed by atoms with Crippen molar-refractivity contribution in [3.63, 3.8) is 0 Å². The summed E-state index contributed by atoms with van der Waals surface area (Å²) in [6, 6.07) is 1.67. The maximum Gasteiger partial charge on any atom is 0.229 e. The Morgan fingerprint density at radius 3 is 3.07 bits per heavy atom. The Bertz CT molecular complexity index is 323. The van der Waals surface area contributed by atoms with Gasteiger partial charge in [0.15, 0.2) is 0 Å².